The number of nitrogens with one attached hydrogen (secondary N) is 1. The smallest absolute Gasteiger partial charge is 0.188 e. The molecule has 92 valence electrons. The molecule has 0 aliphatic heterocycles. The number of hydrogen-bond acceptors (Lipinski definition) is 5. The van der Waals surface area contributed by atoms with Gasteiger partial charge in [0.15, 0.2) is 5.82 Å². The van der Waals surface area contributed by atoms with Crippen LogP contribution in [-0.4, -0.2) is 38.8 Å². The lowest BCUT2D eigenvalue weighted by Crippen LogP contribution is -2.15. The average Bonchev–Trinajstić information content (AvgIpc) is 2.68. The molecule has 0 saturated heterocycles. The predicted octanol–water partition coefficient (Wildman–Crippen LogP) is 1.22. The fourth-order valence-corrected chi connectivity index (χ4v) is 1.94. The van der Waals surface area contributed by atoms with Gasteiger partial charge in [-0.1, -0.05) is 12.8 Å². The molecular formula is C10H21N5S. The lowest BCUT2D eigenvalue weighted by atomic mass is 10.2. The molecule has 0 bridgehead atoms. The highest BCUT2D eigenvalue weighted by molar-refractivity contribution is 7.98. The number of tetrazole rings is 1. The number of thioether (sulfide) groups is 1. The molecule has 6 heteroatoms. The summed E-state index contributed by atoms with van der Waals surface area (Å²) in [6.45, 7) is 1.76. The lowest BCUT2D eigenvalue weighted by molar-refractivity contribution is 0.584. The van der Waals surface area contributed by atoms with Gasteiger partial charge in [-0.05, 0) is 36.6 Å². The van der Waals surface area contributed by atoms with Crippen molar-refractivity contribution in [1.82, 2.24) is 25.5 Å². The van der Waals surface area contributed by atoms with Crippen LogP contribution in [0.15, 0.2) is 0 Å². The second-order valence-electron chi connectivity index (χ2n) is 3.78. The van der Waals surface area contributed by atoms with Crippen molar-refractivity contribution >= 4 is 11.8 Å². The molecule has 1 heterocycles. The molecule has 5 nitrogen and oxygen atoms in total. The summed E-state index contributed by atoms with van der Waals surface area (Å²) in [7, 11) is 1.78. The van der Waals surface area contributed by atoms with Gasteiger partial charge in [0.2, 0.25) is 0 Å². The Morgan fingerprint density at radius 1 is 1.25 bits per heavy atom. The van der Waals surface area contributed by atoms with E-state index in [1.165, 1.54) is 36.2 Å². The van der Waals surface area contributed by atoms with E-state index in [9.17, 15) is 0 Å². The summed E-state index contributed by atoms with van der Waals surface area (Å²) in [6, 6.07) is 0. The fraction of sp³-hybridized carbons (Fsp3) is 0.900. The number of nitrogens with zero attached hydrogens (tertiary/aromatic N) is 4. The van der Waals surface area contributed by atoms with E-state index < -0.39 is 0 Å². The van der Waals surface area contributed by atoms with Crippen LogP contribution in [0.25, 0.3) is 0 Å². The summed E-state index contributed by atoms with van der Waals surface area (Å²) in [5.41, 5.74) is 0. The number of rotatable bonds is 9. The van der Waals surface area contributed by atoms with Crippen LogP contribution < -0.4 is 5.32 Å². The molecular weight excluding hydrogens is 222 g/mol. The fourth-order valence-electron chi connectivity index (χ4n) is 1.44. The van der Waals surface area contributed by atoms with Crippen LogP contribution in [-0.2, 0) is 13.6 Å². The van der Waals surface area contributed by atoms with Crippen LogP contribution >= 0.6 is 11.8 Å². The van der Waals surface area contributed by atoms with E-state index in [0.717, 1.165) is 18.9 Å². The Hall–Kier alpha value is -0.620. The summed E-state index contributed by atoms with van der Waals surface area (Å²) < 4.78 is 0. The monoisotopic (exact) mass is 243 g/mol. The predicted molar refractivity (Wildman–Crippen MR) is 67.4 cm³/mol. The van der Waals surface area contributed by atoms with Gasteiger partial charge in [-0.25, -0.2) is 0 Å². The maximum absolute atomic E-state index is 4.10. The van der Waals surface area contributed by atoms with E-state index in [1.807, 2.05) is 11.8 Å². The minimum Gasteiger partial charge on any atom is -0.310 e. The first-order valence-corrected chi connectivity index (χ1v) is 7.15. The first-order valence-electron chi connectivity index (χ1n) is 5.75. The van der Waals surface area contributed by atoms with E-state index in [0.29, 0.717) is 0 Å². The molecule has 0 aliphatic rings. The maximum Gasteiger partial charge on any atom is 0.188 e. The molecule has 16 heavy (non-hydrogen) atoms. The van der Waals surface area contributed by atoms with Crippen molar-refractivity contribution in [3.63, 3.8) is 0 Å². The van der Waals surface area contributed by atoms with Gasteiger partial charge in [-0.3, -0.25) is 0 Å². The molecule has 1 N–H and O–H groups in total. The molecule has 0 fully saturated rings. The summed E-state index contributed by atoms with van der Waals surface area (Å²) in [5, 5.41) is 15.1. The van der Waals surface area contributed by atoms with Crippen molar-refractivity contribution in [1.29, 1.82) is 0 Å². The zero-order chi connectivity index (χ0) is 11.6. The first kappa shape index (κ1) is 13.4. The third kappa shape index (κ3) is 6.07. The molecule has 0 radical (unpaired) electrons. The van der Waals surface area contributed by atoms with Gasteiger partial charge in [-0.15, -0.1) is 10.2 Å². The zero-order valence-corrected chi connectivity index (χ0v) is 11.0. The third-order valence-corrected chi connectivity index (χ3v) is 2.98. The van der Waals surface area contributed by atoms with Gasteiger partial charge in [0.1, 0.15) is 0 Å². The second-order valence-corrected chi connectivity index (χ2v) is 4.76. The normalized spacial score (nSPS) is 10.9. The Bertz CT molecular complexity index is 276. The van der Waals surface area contributed by atoms with Crippen LogP contribution in [0.4, 0.5) is 0 Å². The van der Waals surface area contributed by atoms with Gasteiger partial charge in [0.05, 0.1) is 13.6 Å². The Morgan fingerprint density at radius 3 is 2.75 bits per heavy atom. The minimum atomic E-state index is 0.721. The lowest BCUT2D eigenvalue weighted by Gasteiger charge is -2.01. The summed E-state index contributed by atoms with van der Waals surface area (Å²) in [4.78, 5) is 1.49. The summed E-state index contributed by atoms with van der Waals surface area (Å²) >= 11 is 1.93. The largest absolute Gasteiger partial charge is 0.310 e. The van der Waals surface area contributed by atoms with E-state index in [-0.39, 0.29) is 0 Å². The highest BCUT2D eigenvalue weighted by Gasteiger charge is 1.98. The molecule has 0 amide bonds. The number of hydrogen-bond donors (Lipinski definition) is 1. The second kappa shape index (κ2) is 8.52. The quantitative estimate of drug-likeness (QED) is 0.661. The maximum atomic E-state index is 4.10. The average molecular weight is 243 g/mol. The standard InChI is InChI=1S/C10H21N5S/c1-15-13-10(12-14-15)9-11-7-5-3-4-6-8-16-2/h11H,3-9H2,1-2H3. The highest BCUT2D eigenvalue weighted by atomic mass is 32.2. The molecule has 0 saturated carbocycles. The highest BCUT2D eigenvalue weighted by Crippen LogP contribution is 2.03. The SMILES string of the molecule is CSCCCCCCNCc1nnn(C)n1. The van der Waals surface area contributed by atoms with Gasteiger partial charge >= 0.3 is 0 Å². The summed E-state index contributed by atoms with van der Waals surface area (Å²) in [6.07, 6.45) is 7.38. The van der Waals surface area contributed by atoms with Crippen molar-refractivity contribution in [3.05, 3.63) is 5.82 Å². The Morgan fingerprint density at radius 2 is 2.06 bits per heavy atom. The van der Waals surface area contributed by atoms with Crippen molar-refractivity contribution in [2.24, 2.45) is 7.05 Å². The van der Waals surface area contributed by atoms with E-state index in [1.54, 1.807) is 7.05 Å². The van der Waals surface area contributed by atoms with Gasteiger partial charge in [-0.2, -0.15) is 16.6 Å². The first-order chi connectivity index (χ1) is 7.83. The molecule has 0 aromatic carbocycles. The van der Waals surface area contributed by atoms with Crippen LogP contribution in [0.1, 0.15) is 31.5 Å². The molecule has 1 rings (SSSR count). The van der Waals surface area contributed by atoms with Gasteiger partial charge in [0, 0.05) is 0 Å². The number of unbranched alkanes of at least 4 members (excludes halogenated alkanes) is 3. The van der Waals surface area contributed by atoms with Crippen LogP contribution in [0.5, 0.6) is 0 Å². The van der Waals surface area contributed by atoms with Crippen LogP contribution in [0, 0.1) is 0 Å². The molecule has 0 unspecified atom stereocenters. The van der Waals surface area contributed by atoms with E-state index >= 15 is 0 Å². The molecule has 1 aromatic rings. The molecule has 0 spiro atoms. The summed E-state index contributed by atoms with van der Waals surface area (Å²) in [5.74, 6) is 2.06. The third-order valence-electron chi connectivity index (χ3n) is 2.28. The van der Waals surface area contributed by atoms with E-state index in [4.69, 9.17) is 0 Å². The van der Waals surface area contributed by atoms with Crippen molar-refractivity contribution in [2.75, 3.05) is 18.6 Å². The zero-order valence-electron chi connectivity index (χ0n) is 10.1. The van der Waals surface area contributed by atoms with E-state index in [2.05, 4.69) is 27.0 Å². The molecule has 0 aliphatic carbocycles. The van der Waals surface area contributed by atoms with Gasteiger partial charge < -0.3 is 5.32 Å². The molecule has 0 atom stereocenters. The topological polar surface area (TPSA) is 55.6 Å². The van der Waals surface area contributed by atoms with Crippen molar-refractivity contribution in [3.8, 4) is 0 Å². The minimum absolute atomic E-state index is 0.721. The molecule has 1 aromatic heterocycles. The Balaban J connectivity index is 1.88. The Labute approximate surface area is 101 Å². The van der Waals surface area contributed by atoms with Gasteiger partial charge in [0.25, 0.3) is 0 Å². The van der Waals surface area contributed by atoms with Crippen LogP contribution in [0.3, 0.4) is 0 Å². The number of aryl methyl sites for hydroxylation is 1. The Kier molecular flexibility index (Phi) is 7.16. The van der Waals surface area contributed by atoms with Crippen molar-refractivity contribution < 1.29 is 0 Å². The van der Waals surface area contributed by atoms with Crippen molar-refractivity contribution in [2.45, 2.75) is 32.2 Å². The number of aromatic nitrogens is 4. The van der Waals surface area contributed by atoms with Crippen LogP contribution in [0.2, 0.25) is 0 Å².